The quantitative estimate of drug-likeness (QED) is 0.779. The van der Waals surface area contributed by atoms with Gasteiger partial charge in [-0.05, 0) is 43.5 Å². The van der Waals surface area contributed by atoms with Crippen molar-refractivity contribution in [3.63, 3.8) is 0 Å². The van der Waals surface area contributed by atoms with E-state index in [0.717, 1.165) is 12.8 Å². The molecular formula is C16H19N3. The highest BCUT2D eigenvalue weighted by atomic mass is 14.9. The van der Waals surface area contributed by atoms with E-state index >= 15 is 0 Å². The van der Waals surface area contributed by atoms with Gasteiger partial charge in [0.1, 0.15) is 0 Å². The summed E-state index contributed by atoms with van der Waals surface area (Å²) in [6, 6.07) is 9.01. The summed E-state index contributed by atoms with van der Waals surface area (Å²) in [6.07, 6.45) is 5.85. The lowest BCUT2D eigenvalue weighted by atomic mass is 10.0. The minimum Gasteiger partial charge on any atom is -0.344 e. The van der Waals surface area contributed by atoms with E-state index in [9.17, 15) is 0 Å². The number of aromatic nitrogens is 2. The van der Waals surface area contributed by atoms with E-state index in [1.54, 1.807) is 0 Å². The first-order chi connectivity index (χ1) is 9.16. The zero-order chi connectivity index (χ0) is 13.4. The third-order valence-corrected chi connectivity index (χ3v) is 3.76. The Bertz CT molecular complexity index is 725. The maximum atomic E-state index is 5.83. The molecule has 3 heteroatoms. The Morgan fingerprint density at radius 3 is 2.79 bits per heavy atom. The highest BCUT2D eigenvalue weighted by molar-refractivity contribution is 6.07. The minimum atomic E-state index is 0.255. The Morgan fingerprint density at radius 2 is 2.00 bits per heavy atom. The largest absolute Gasteiger partial charge is 0.344 e. The number of aryl methyl sites for hydroxylation is 2. The van der Waals surface area contributed by atoms with E-state index in [2.05, 4.69) is 47.8 Å². The normalized spacial score (nSPS) is 13.2. The Kier molecular flexibility index (Phi) is 2.99. The van der Waals surface area contributed by atoms with E-state index in [1.165, 1.54) is 27.4 Å². The van der Waals surface area contributed by atoms with Gasteiger partial charge in [-0.15, -0.1) is 0 Å². The number of nitrogens with zero attached hydrogens (tertiary/aromatic N) is 2. The monoisotopic (exact) mass is 253 g/mol. The number of pyridine rings is 1. The fourth-order valence-electron chi connectivity index (χ4n) is 2.66. The average Bonchev–Trinajstić information content (AvgIpc) is 2.71. The second-order valence-electron chi connectivity index (χ2n) is 5.32. The molecule has 0 fully saturated rings. The first-order valence-electron chi connectivity index (χ1n) is 6.73. The topological polar surface area (TPSA) is 43.8 Å². The predicted molar refractivity (Wildman–Crippen MR) is 80.2 cm³/mol. The van der Waals surface area contributed by atoms with Crippen molar-refractivity contribution in [2.24, 2.45) is 12.8 Å². The fourth-order valence-corrected chi connectivity index (χ4v) is 2.66. The highest BCUT2D eigenvalue weighted by Crippen LogP contribution is 2.28. The Labute approximate surface area is 113 Å². The van der Waals surface area contributed by atoms with E-state index in [1.807, 2.05) is 12.4 Å². The number of fused-ring (bicyclic) bond motifs is 3. The summed E-state index contributed by atoms with van der Waals surface area (Å²) in [4.78, 5) is 4.25. The first-order valence-corrected chi connectivity index (χ1v) is 6.73. The maximum Gasteiger partial charge on any atom is 0.0519 e. The van der Waals surface area contributed by atoms with Crippen LogP contribution < -0.4 is 5.73 Å². The summed E-state index contributed by atoms with van der Waals surface area (Å²) >= 11 is 0. The van der Waals surface area contributed by atoms with Crippen LogP contribution in [0.3, 0.4) is 0 Å². The molecule has 3 nitrogen and oxygen atoms in total. The van der Waals surface area contributed by atoms with Gasteiger partial charge in [-0.3, -0.25) is 4.98 Å². The van der Waals surface area contributed by atoms with Crippen molar-refractivity contribution in [1.82, 2.24) is 9.55 Å². The van der Waals surface area contributed by atoms with E-state index in [4.69, 9.17) is 5.73 Å². The van der Waals surface area contributed by atoms with Gasteiger partial charge in [-0.2, -0.15) is 0 Å². The summed E-state index contributed by atoms with van der Waals surface area (Å²) in [5, 5.41) is 2.51. The van der Waals surface area contributed by atoms with Gasteiger partial charge >= 0.3 is 0 Å². The third kappa shape index (κ3) is 2.10. The zero-order valence-corrected chi connectivity index (χ0v) is 11.4. The van der Waals surface area contributed by atoms with Gasteiger partial charge in [0.2, 0.25) is 0 Å². The summed E-state index contributed by atoms with van der Waals surface area (Å²) in [5.74, 6) is 0. The molecule has 0 spiro atoms. The van der Waals surface area contributed by atoms with Gasteiger partial charge in [0.15, 0.2) is 0 Å². The molecule has 0 aliphatic carbocycles. The van der Waals surface area contributed by atoms with Gasteiger partial charge in [0, 0.05) is 41.8 Å². The molecule has 2 aromatic heterocycles. The summed E-state index contributed by atoms with van der Waals surface area (Å²) in [5.41, 5.74) is 9.67. The lowest BCUT2D eigenvalue weighted by Gasteiger charge is -2.05. The van der Waals surface area contributed by atoms with Crippen molar-refractivity contribution in [3.05, 3.63) is 42.2 Å². The Hall–Kier alpha value is -1.87. The lowest BCUT2D eigenvalue weighted by Crippen LogP contribution is -2.15. The van der Waals surface area contributed by atoms with Crippen molar-refractivity contribution >= 4 is 21.8 Å². The van der Waals surface area contributed by atoms with Gasteiger partial charge in [-0.1, -0.05) is 6.07 Å². The average molecular weight is 253 g/mol. The molecule has 0 aliphatic rings. The zero-order valence-electron chi connectivity index (χ0n) is 11.4. The van der Waals surface area contributed by atoms with E-state index in [0.29, 0.717) is 0 Å². The maximum absolute atomic E-state index is 5.83. The predicted octanol–water partition coefficient (Wildman–Crippen LogP) is 3.01. The molecule has 3 aromatic rings. The number of rotatable bonds is 3. The van der Waals surface area contributed by atoms with Crippen LogP contribution in [0, 0.1) is 0 Å². The highest BCUT2D eigenvalue weighted by Gasteiger charge is 2.08. The summed E-state index contributed by atoms with van der Waals surface area (Å²) in [7, 11) is 2.10. The molecular weight excluding hydrogens is 234 g/mol. The standard InChI is InChI=1S/C16H19N3/c1-11(17)3-4-12-5-6-15-13(9-12)14-10-18-8-7-16(14)19(15)2/h5-11H,3-4,17H2,1-2H3. The molecule has 0 saturated heterocycles. The first kappa shape index (κ1) is 12.2. The van der Waals surface area contributed by atoms with Crippen LogP contribution in [-0.4, -0.2) is 15.6 Å². The number of hydrogen-bond donors (Lipinski definition) is 1. The fraction of sp³-hybridized carbons (Fsp3) is 0.312. The molecule has 98 valence electrons. The van der Waals surface area contributed by atoms with E-state index in [-0.39, 0.29) is 6.04 Å². The Morgan fingerprint density at radius 1 is 1.21 bits per heavy atom. The Balaban J connectivity index is 2.14. The van der Waals surface area contributed by atoms with Crippen LogP contribution in [-0.2, 0) is 13.5 Å². The lowest BCUT2D eigenvalue weighted by molar-refractivity contribution is 0.666. The number of nitrogens with two attached hydrogens (primary N) is 1. The van der Waals surface area contributed by atoms with Crippen molar-refractivity contribution in [3.8, 4) is 0 Å². The summed E-state index contributed by atoms with van der Waals surface area (Å²) in [6.45, 7) is 2.06. The van der Waals surface area contributed by atoms with E-state index < -0.39 is 0 Å². The molecule has 1 atom stereocenters. The molecule has 0 amide bonds. The smallest absolute Gasteiger partial charge is 0.0519 e. The van der Waals surface area contributed by atoms with Crippen LogP contribution in [0.25, 0.3) is 21.8 Å². The SMILES string of the molecule is CC(N)CCc1ccc2c(c1)c1cnccc1n2C. The second-order valence-corrected chi connectivity index (χ2v) is 5.32. The summed E-state index contributed by atoms with van der Waals surface area (Å²) < 4.78 is 2.22. The van der Waals surface area contributed by atoms with Crippen molar-refractivity contribution in [1.29, 1.82) is 0 Å². The molecule has 3 rings (SSSR count). The van der Waals surface area contributed by atoms with Gasteiger partial charge in [0.05, 0.1) is 5.52 Å². The molecule has 19 heavy (non-hydrogen) atoms. The number of benzene rings is 1. The molecule has 0 bridgehead atoms. The minimum absolute atomic E-state index is 0.255. The van der Waals surface area contributed by atoms with Gasteiger partial charge < -0.3 is 10.3 Å². The van der Waals surface area contributed by atoms with Crippen molar-refractivity contribution in [2.75, 3.05) is 0 Å². The molecule has 0 radical (unpaired) electrons. The second kappa shape index (κ2) is 4.67. The van der Waals surface area contributed by atoms with Crippen LogP contribution in [0.5, 0.6) is 0 Å². The molecule has 0 saturated carbocycles. The molecule has 1 unspecified atom stereocenters. The van der Waals surface area contributed by atoms with Gasteiger partial charge in [0.25, 0.3) is 0 Å². The van der Waals surface area contributed by atoms with Crippen molar-refractivity contribution < 1.29 is 0 Å². The molecule has 2 heterocycles. The van der Waals surface area contributed by atoms with Gasteiger partial charge in [-0.25, -0.2) is 0 Å². The van der Waals surface area contributed by atoms with Crippen LogP contribution in [0.4, 0.5) is 0 Å². The van der Waals surface area contributed by atoms with Crippen molar-refractivity contribution in [2.45, 2.75) is 25.8 Å². The molecule has 1 aromatic carbocycles. The molecule has 2 N–H and O–H groups in total. The third-order valence-electron chi connectivity index (χ3n) is 3.76. The molecule has 0 aliphatic heterocycles. The van der Waals surface area contributed by atoms with Crippen LogP contribution in [0.2, 0.25) is 0 Å². The van der Waals surface area contributed by atoms with Crippen LogP contribution >= 0.6 is 0 Å². The van der Waals surface area contributed by atoms with Crippen LogP contribution in [0.15, 0.2) is 36.7 Å². The van der Waals surface area contributed by atoms with Crippen LogP contribution in [0.1, 0.15) is 18.9 Å². The number of hydrogen-bond acceptors (Lipinski definition) is 2.